The molecule has 0 fully saturated rings. The van der Waals surface area contributed by atoms with E-state index in [0.717, 1.165) is 28.1 Å². The van der Waals surface area contributed by atoms with Gasteiger partial charge in [0.25, 0.3) is 5.91 Å². The number of thiocarbonyl (C=S) groups is 1. The Labute approximate surface area is 170 Å². The van der Waals surface area contributed by atoms with Crippen molar-refractivity contribution in [2.45, 2.75) is 0 Å². The molecule has 7 heteroatoms. The van der Waals surface area contributed by atoms with Gasteiger partial charge < -0.3 is 5.32 Å². The van der Waals surface area contributed by atoms with Gasteiger partial charge in [0.05, 0.1) is 5.69 Å². The molecular weight excluding hydrogens is 393 g/mol. The molecule has 0 atom stereocenters. The molecule has 4 aromatic rings. The largest absolute Gasteiger partial charge is 0.308 e. The summed E-state index contributed by atoms with van der Waals surface area (Å²) in [5.41, 5.74) is 2.04. The van der Waals surface area contributed by atoms with Gasteiger partial charge in [-0.1, -0.05) is 48.5 Å². The third kappa shape index (κ3) is 3.90. The summed E-state index contributed by atoms with van der Waals surface area (Å²) in [7, 11) is 0. The molecule has 0 aliphatic rings. The molecule has 0 saturated carbocycles. The number of carbonyl (C=O) groups excluding carboxylic acids is 1. The zero-order valence-electron chi connectivity index (χ0n) is 14.5. The first-order valence-corrected chi connectivity index (χ1v) is 9.70. The number of benzene rings is 3. The van der Waals surface area contributed by atoms with Gasteiger partial charge in [0.1, 0.15) is 5.82 Å². The smallest absolute Gasteiger partial charge is 0.257 e. The van der Waals surface area contributed by atoms with Gasteiger partial charge in [0.2, 0.25) is 0 Å². The Kier molecular flexibility index (Phi) is 5.10. The van der Waals surface area contributed by atoms with Gasteiger partial charge >= 0.3 is 0 Å². The number of hydrogen-bond acceptors (Lipinski definition) is 4. The topological polar surface area (TPSA) is 54.0 Å². The van der Waals surface area contributed by atoms with Crippen LogP contribution in [0.5, 0.6) is 0 Å². The summed E-state index contributed by atoms with van der Waals surface area (Å²) in [5, 5.41) is 10.3. The number of amides is 1. The van der Waals surface area contributed by atoms with Crippen molar-refractivity contribution in [3.8, 4) is 11.3 Å². The highest BCUT2D eigenvalue weighted by molar-refractivity contribution is 7.80. The summed E-state index contributed by atoms with van der Waals surface area (Å²) in [6.45, 7) is 0. The first-order valence-electron chi connectivity index (χ1n) is 8.42. The standard InChI is InChI=1S/C21H14FN3OS2/c22-15-8-3-7-14(11-15)19(26)24-20(27)25-21-23-18(12-28-21)17-10-4-6-13-5-1-2-9-16(13)17/h1-12H,(H2,23,24,25,26,27). The average Bonchev–Trinajstić information content (AvgIpc) is 3.15. The van der Waals surface area contributed by atoms with Crippen LogP contribution in [0, 0.1) is 5.82 Å². The molecule has 0 aliphatic heterocycles. The molecule has 4 nitrogen and oxygen atoms in total. The van der Waals surface area contributed by atoms with Crippen molar-refractivity contribution in [2.24, 2.45) is 0 Å². The minimum Gasteiger partial charge on any atom is -0.308 e. The zero-order chi connectivity index (χ0) is 19.5. The summed E-state index contributed by atoms with van der Waals surface area (Å²) < 4.78 is 13.3. The van der Waals surface area contributed by atoms with Crippen molar-refractivity contribution in [1.82, 2.24) is 10.3 Å². The van der Waals surface area contributed by atoms with Gasteiger partial charge in [-0.15, -0.1) is 11.3 Å². The van der Waals surface area contributed by atoms with Crippen LogP contribution in [0.15, 0.2) is 72.1 Å². The zero-order valence-corrected chi connectivity index (χ0v) is 16.1. The number of rotatable bonds is 3. The molecule has 2 N–H and O–H groups in total. The van der Waals surface area contributed by atoms with E-state index in [0.29, 0.717) is 5.13 Å². The van der Waals surface area contributed by atoms with Gasteiger partial charge in [-0.05, 0) is 41.2 Å². The second kappa shape index (κ2) is 7.84. The van der Waals surface area contributed by atoms with Gasteiger partial charge in [0.15, 0.2) is 10.2 Å². The fraction of sp³-hybridized carbons (Fsp3) is 0. The van der Waals surface area contributed by atoms with E-state index < -0.39 is 11.7 Å². The Morgan fingerprint density at radius 1 is 1.04 bits per heavy atom. The van der Waals surface area contributed by atoms with E-state index in [1.165, 1.54) is 29.5 Å². The summed E-state index contributed by atoms with van der Waals surface area (Å²) >= 11 is 6.56. The predicted molar refractivity (Wildman–Crippen MR) is 115 cm³/mol. The first-order chi connectivity index (χ1) is 13.6. The van der Waals surface area contributed by atoms with Crippen molar-refractivity contribution < 1.29 is 9.18 Å². The molecular formula is C21H14FN3OS2. The van der Waals surface area contributed by atoms with Crippen LogP contribution in [0.1, 0.15) is 10.4 Å². The maximum absolute atomic E-state index is 13.3. The lowest BCUT2D eigenvalue weighted by atomic mass is 10.0. The number of thiazole rings is 1. The van der Waals surface area contributed by atoms with Crippen molar-refractivity contribution in [3.63, 3.8) is 0 Å². The predicted octanol–water partition coefficient (Wildman–Crippen LogP) is 5.23. The lowest BCUT2D eigenvalue weighted by molar-refractivity contribution is 0.0977. The fourth-order valence-corrected chi connectivity index (χ4v) is 3.81. The van der Waals surface area contributed by atoms with E-state index in [2.05, 4.69) is 33.8 Å². The molecule has 1 heterocycles. The van der Waals surface area contributed by atoms with E-state index in [4.69, 9.17) is 12.2 Å². The maximum atomic E-state index is 13.3. The van der Waals surface area contributed by atoms with E-state index >= 15 is 0 Å². The van der Waals surface area contributed by atoms with Crippen LogP contribution in [-0.4, -0.2) is 16.0 Å². The minimum atomic E-state index is -0.483. The molecule has 1 aromatic heterocycles. The molecule has 0 aliphatic carbocycles. The Morgan fingerprint density at radius 2 is 1.82 bits per heavy atom. The van der Waals surface area contributed by atoms with Crippen LogP contribution >= 0.6 is 23.6 Å². The van der Waals surface area contributed by atoms with Crippen LogP contribution in [0.25, 0.3) is 22.0 Å². The van der Waals surface area contributed by atoms with Crippen LogP contribution in [-0.2, 0) is 0 Å². The summed E-state index contributed by atoms with van der Waals surface area (Å²) in [4.78, 5) is 16.7. The highest BCUT2D eigenvalue weighted by Crippen LogP contribution is 2.30. The lowest BCUT2D eigenvalue weighted by Gasteiger charge is -2.07. The third-order valence-corrected chi connectivity index (χ3v) is 5.07. The van der Waals surface area contributed by atoms with Crippen LogP contribution in [0.3, 0.4) is 0 Å². The summed E-state index contributed by atoms with van der Waals surface area (Å²) in [6, 6.07) is 19.6. The number of fused-ring (bicyclic) bond motifs is 1. The highest BCUT2D eigenvalue weighted by Gasteiger charge is 2.12. The molecule has 0 bridgehead atoms. The Hall–Kier alpha value is -3.16. The Balaban J connectivity index is 1.49. The quantitative estimate of drug-likeness (QED) is 0.457. The number of hydrogen-bond donors (Lipinski definition) is 2. The molecule has 3 aromatic carbocycles. The van der Waals surface area contributed by atoms with Crippen LogP contribution < -0.4 is 10.6 Å². The molecule has 28 heavy (non-hydrogen) atoms. The van der Waals surface area contributed by atoms with Crippen molar-refractivity contribution >= 4 is 50.5 Å². The SMILES string of the molecule is O=C(NC(=S)Nc1nc(-c2cccc3ccccc23)cs1)c1cccc(F)c1. The van der Waals surface area contributed by atoms with Crippen LogP contribution in [0.4, 0.5) is 9.52 Å². The van der Waals surface area contributed by atoms with Gasteiger partial charge in [-0.25, -0.2) is 9.37 Å². The lowest BCUT2D eigenvalue weighted by Crippen LogP contribution is -2.34. The highest BCUT2D eigenvalue weighted by atomic mass is 32.1. The first kappa shape index (κ1) is 18.2. The van der Waals surface area contributed by atoms with Gasteiger partial charge in [-0.2, -0.15) is 0 Å². The van der Waals surface area contributed by atoms with E-state index in [1.807, 2.05) is 29.6 Å². The molecule has 4 rings (SSSR count). The molecule has 1 amide bonds. The minimum absolute atomic E-state index is 0.105. The summed E-state index contributed by atoms with van der Waals surface area (Å²) in [5.74, 6) is -0.964. The molecule has 138 valence electrons. The molecule has 0 saturated heterocycles. The Morgan fingerprint density at radius 3 is 2.68 bits per heavy atom. The van der Waals surface area contributed by atoms with E-state index in [1.54, 1.807) is 0 Å². The van der Waals surface area contributed by atoms with E-state index in [9.17, 15) is 9.18 Å². The Bertz CT molecular complexity index is 1180. The monoisotopic (exact) mass is 407 g/mol. The normalized spacial score (nSPS) is 10.6. The number of nitrogens with one attached hydrogen (secondary N) is 2. The van der Waals surface area contributed by atoms with Crippen molar-refractivity contribution in [3.05, 3.63) is 83.5 Å². The van der Waals surface area contributed by atoms with Gasteiger partial charge in [0, 0.05) is 16.5 Å². The third-order valence-electron chi connectivity index (χ3n) is 4.10. The number of halogens is 1. The molecule has 0 spiro atoms. The van der Waals surface area contributed by atoms with E-state index in [-0.39, 0.29) is 10.7 Å². The average molecular weight is 407 g/mol. The second-order valence-corrected chi connectivity index (χ2v) is 7.25. The number of nitrogens with zero attached hydrogens (tertiary/aromatic N) is 1. The molecule has 0 radical (unpaired) electrons. The number of aromatic nitrogens is 1. The van der Waals surface area contributed by atoms with Gasteiger partial charge in [-0.3, -0.25) is 10.1 Å². The molecule has 0 unspecified atom stereocenters. The maximum Gasteiger partial charge on any atom is 0.257 e. The number of carbonyl (C=O) groups is 1. The van der Waals surface area contributed by atoms with Crippen molar-refractivity contribution in [1.29, 1.82) is 0 Å². The second-order valence-electron chi connectivity index (χ2n) is 5.98. The summed E-state index contributed by atoms with van der Waals surface area (Å²) in [6.07, 6.45) is 0. The fourth-order valence-electron chi connectivity index (χ4n) is 2.84. The van der Waals surface area contributed by atoms with Crippen molar-refractivity contribution in [2.75, 3.05) is 5.32 Å². The van der Waals surface area contributed by atoms with Crippen LogP contribution in [0.2, 0.25) is 0 Å². The number of anilines is 1.